The number of hydrogen-bond acceptors (Lipinski definition) is 4. The molecular weight excluding hydrogens is 302 g/mol. The molecule has 0 saturated carbocycles. The van der Waals surface area contributed by atoms with E-state index in [9.17, 15) is 5.11 Å². The summed E-state index contributed by atoms with van der Waals surface area (Å²) in [7, 11) is 1.88. The first-order chi connectivity index (χ1) is 10.6. The lowest BCUT2D eigenvalue weighted by molar-refractivity contribution is 0.213. The van der Waals surface area contributed by atoms with Gasteiger partial charge in [-0.15, -0.1) is 0 Å². The third kappa shape index (κ3) is 1.96. The number of aliphatic hydroxyl groups is 1. The Bertz CT molecular complexity index is 990. The normalized spacial score (nSPS) is 13.0. The smallest absolute Gasteiger partial charge is 0.154 e. The van der Waals surface area contributed by atoms with Crippen LogP contribution in [0.2, 0.25) is 5.15 Å². The van der Waals surface area contributed by atoms with Crippen LogP contribution in [0.5, 0.6) is 0 Å². The lowest BCUT2D eigenvalue weighted by Gasteiger charge is -2.10. The molecule has 0 aliphatic carbocycles. The maximum Gasteiger partial charge on any atom is 0.154 e. The maximum atomic E-state index is 10.7. The Morgan fingerprint density at radius 1 is 1.18 bits per heavy atom. The molecule has 3 heterocycles. The number of rotatable bonds is 2. The van der Waals surface area contributed by atoms with E-state index >= 15 is 0 Å². The Labute approximate surface area is 130 Å². The molecule has 4 aromatic rings. The molecule has 0 bridgehead atoms. The summed E-state index contributed by atoms with van der Waals surface area (Å²) in [6.07, 6.45) is 2.54. The number of benzene rings is 1. The lowest BCUT2D eigenvalue weighted by atomic mass is 10.1. The zero-order valence-electron chi connectivity index (χ0n) is 11.7. The zero-order valence-corrected chi connectivity index (χ0v) is 12.4. The average molecular weight is 314 g/mol. The maximum absolute atomic E-state index is 10.7. The van der Waals surface area contributed by atoms with Gasteiger partial charge in [0, 0.05) is 12.4 Å². The van der Waals surface area contributed by atoms with Crippen LogP contribution in [0.25, 0.3) is 16.6 Å². The van der Waals surface area contributed by atoms with Gasteiger partial charge in [-0.3, -0.25) is 4.68 Å². The topological polar surface area (TPSA) is 68.2 Å². The molecule has 0 unspecified atom stereocenters. The summed E-state index contributed by atoms with van der Waals surface area (Å²) in [5, 5.41) is 20.4. The van der Waals surface area contributed by atoms with Crippen molar-refractivity contribution < 1.29 is 5.11 Å². The van der Waals surface area contributed by atoms with Crippen LogP contribution in [0.3, 0.4) is 0 Å². The summed E-state index contributed by atoms with van der Waals surface area (Å²) in [6.45, 7) is 0. The number of aromatic nitrogens is 5. The predicted molar refractivity (Wildman–Crippen MR) is 82.8 cm³/mol. The quantitative estimate of drug-likeness (QED) is 0.617. The fraction of sp³-hybridized carbons (Fsp3) is 0.133. The highest BCUT2D eigenvalue weighted by Gasteiger charge is 2.17. The molecule has 0 spiro atoms. The van der Waals surface area contributed by atoms with Gasteiger partial charge in [0.25, 0.3) is 0 Å². The van der Waals surface area contributed by atoms with E-state index in [2.05, 4.69) is 15.2 Å². The molecule has 0 aliphatic heterocycles. The van der Waals surface area contributed by atoms with Crippen molar-refractivity contribution >= 4 is 28.2 Å². The second kappa shape index (κ2) is 4.79. The van der Waals surface area contributed by atoms with Gasteiger partial charge in [0.2, 0.25) is 0 Å². The minimum Gasteiger partial charge on any atom is -0.382 e. The molecule has 0 fully saturated rings. The van der Waals surface area contributed by atoms with E-state index in [1.807, 2.05) is 25.2 Å². The van der Waals surface area contributed by atoms with Crippen molar-refractivity contribution in [3.8, 4) is 0 Å². The van der Waals surface area contributed by atoms with E-state index in [4.69, 9.17) is 11.6 Å². The van der Waals surface area contributed by atoms with E-state index in [1.54, 1.807) is 33.7 Å². The number of hydrogen-bond donors (Lipinski definition) is 1. The second-order valence-corrected chi connectivity index (χ2v) is 5.49. The highest BCUT2D eigenvalue weighted by molar-refractivity contribution is 6.29. The van der Waals surface area contributed by atoms with Gasteiger partial charge in [-0.25, -0.2) is 9.50 Å². The van der Waals surface area contributed by atoms with E-state index in [0.29, 0.717) is 16.5 Å². The van der Waals surface area contributed by atoms with Crippen LogP contribution < -0.4 is 0 Å². The van der Waals surface area contributed by atoms with Gasteiger partial charge in [0.1, 0.15) is 11.3 Å². The van der Waals surface area contributed by atoms with Gasteiger partial charge >= 0.3 is 0 Å². The Hall–Kier alpha value is -2.44. The third-order valence-electron chi connectivity index (χ3n) is 3.72. The molecule has 1 N–H and O–H groups in total. The Morgan fingerprint density at radius 2 is 2.05 bits per heavy atom. The van der Waals surface area contributed by atoms with Gasteiger partial charge in [-0.2, -0.15) is 10.2 Å². The summed E-state index contributed by atoms with van der Waals surface area (Å²) in [5.41, 5.74) is 2.97. The molecule has 0 amide bonds. The molecular formula is C15H12ClN5O. The molecule has 110 valence electrons. The van der Waals surface area contributed by atoms with E-state index in [1.165, 1.54) is 0 Å². The first-order valence-electron chi connectivity index (χ1n) is 6.73. The predicted octanol–water partition coefficient (Wildman–Crippen LogP) is 2.35. The molecule has 0 radical (unpaired) electrons. The Kier molecular flexibility index (Phi) is 2.88. The van der Waals surface area contributed by atoms with Crippen LogP contribution in [-0.4, -0.2) is 29.5 Å². The van der Waals surface area contributed by atoms with Crippen molar-refractivity contribution in [1.82, 2.24) is 24.4 Å². The van der Waals surface area contributed by atoms with Crippen molar-refractivity contribution in [2.24, 2.45) is 7.05 Å². The van der Waals surface area contributed by atoms with Crippen molar-refractivity contribution in [2.75, 3.05) is 0 Å². The van der Waals surface area contributed by atoms with Gasteiger partial charge in [0.05, 0.1) is 23.6 Å². The monoisotopic (exact) mass is 313 g/mol. The molecule has 0 saturated heterocycles. The molecule has 1 aromatic carbocycles. The summed E-state index contributed by atoms with van der Waals surface area (Å²) in [6, 6.07) is 9.15. The average Bonchev–Trinajstić information content (AvgIpc) is 3.10. The van der Waals surface area contributed by atoms with Crippen LogP contribution in [0, 0.1) is 0 Å². The lowest BCUT2D eigenvalue weighted by Crippen LogP contribution is -2.05. The number of fused-ring (bicyclic) bond motifs is 2. The summed E-state index contributed by atoms with van der Waals surface area (Å²) in [5.74, 6) is 0. The molecule has 7 heteroatoms. The number of nitrogens with zero attached hydrogens (tertiary/aromatic N) is 5. The summed E-state index contributed by atoms with van der Waals surface area (Å²) >= 11 is 5.93. The minimum atomic E-state index is -0.842. The molecule has 0 aliphatic rings. The van der Waals surface area contributed by atoms with Crippen LogP contribution in [0.1, 0.15) is 17.4 Å². The van der Waals surface area contributed by atoms with Gasteiger partial charge in [0.15, 0.2) is 5.65 Å². The molecule has 1 atom stereocenters. The molecule has 22 heavy (non-hydrogen) atoms. The first kappa shape index (κ1) is 13.2. The van der Waals surface area contributed by atoms with Gasteiger partial charge in [-0.05, 0) is 29.8 Å². The molecule has 4 rings (SSSR count). The van der Waals surface area contributed by atoms with Crippen LogP contribution in [0.4, 0.5) is 0 Å². The SMILES string of the molecule is Cn1ncc2cc([C@@H](O)c3cnc4ccc(Cl)nn34)ccc21. The highest BCUT2D eigenvalue weighted by atomic mass is 35.5. The number of halogens is 1. The largest absolute Gasteiger partial charge is 0.382 e. The summed E-state index contributed by atoms with van der Waals surface area (Å²) in [4.78, 5) is 4.24. The van der Waals surface area contributed by atoms with Crippen molar-refractivity contribution in [2.45, 2.75) is 6.10 Å². The van der Waals surface area contributed by atoms with Crippen LogP contribution >= 0.6 is 11.6 Å². The van der Waals surface area contributed by atoms with E-state index in [0.717, 1.165) is 16.5 Å². The zero-order chi connectivity index (χ0) is 15.3. The van der Waals surface area contributed by atoms with Crippen molar-refractivity contribution in [1.29, 1.82) is 0 Å². The number of aryl methyl sites for hydroxylation is 1. The third-order valence-corrected chi connectivity index (χ3v) is 3.92. The van der Waals surface area contributed by atoms with Gasteiger partial charge < -0.3 is 5.11 Å². The van der Waals surface area contributed by atoms with Crippen LogP contribution in [0.15, 0.2) is 42.7 Å². The fourth-order valence-corrected chi connectivity index (χ4v) is 2.72. The van der Waals surface area contributed by atoms with Crippen molar-refractivity contribution in [3.05, 3.63) is 59.1 Å². The first-order valence-corrected chi connectivity index (χ1v) is 7.11. The Morgan fingerprint density at radius 3 is 2.91 bits per heavy atom. The molecule has 6 nitrogen and oxygen atoms in total. The van der Waals surface area contributed by atoms with Gasteiger partial charge in [-0.1, -0.05) is 17.7 Å². The highest BCUT2D eigenvalue weighted by Crippen LogP contribution is 2.25. The summed E-state index contributed by atoms with van der Waals surface area (Å²) < 4.78 is 3.35. The molecule has 3 aromatic heterocycles. The van der Waals surface area contributed by atoms with E-state index < -0.39 is 6.10 Å². The Balaban J connectivity index is 1.83. The fourth-order valence-electron chi connectivity index (χ4n) is 2.58. The minimum absolute atomic E-state index is 0.349. The number of imidazole rings is 1. The second-order valence-electron chi connectivity index (χ2n) is 5.10. The standard InChI is InChI=1S/C15H12ClN5O/c1-20-11-3-2-9(6-10(11)7-18-20)15(22)12-8-17-14-5-4-13(16)19-21(12)14/h2-8,15,22H,1H3/t15-/m1/s1. The number of aliphatic hydroxyl groups excluding tert-OH is 1. The van der Waals surface area contributed by atoms with E-state index in [-0.39, 0.29) is 0 Å². The van der Waals surface area contributed by atoms with Crippen molar-refractivity contribution in [3.63, 3.8) is 0 Å². The van der Waals surface area contributed by atoms with Crippen LogP contribution in [-0.2, 0) is 7.05 Å².